The smallest absolute Gasteiger partial charge is 0.264 e. The average molecular weight is 508 g/mol. The van der Waals surface area contributed by atoms with E-state index in [9.17, 15) is 13.2 Å². The molecular formula is C22H22ClN3O5S2. The van der Waals surface area contributed by atoms with E-state index in [1.54, 1.807) is 47.8 Å². The summed E-state index contributed by atoms with van der Waals surface area (Å²) in [5.74, 6) is 0.249. The van der Waals surface area contributed by atoms with Gasteiger partial charge in [-0.05, 0) is 42.8 Å². The number of halogens is 1. The molecule has 0 bridgehead atoms. The number of rotatable bonds is 7. The number of nitrogens with zero attached hydrogens (tertiary/aromatic N) is 2. The number of aryl methyl sites for hydroxylation is 1. The van der Waals surface area contributed by atoms with Crippen molar-refractivity contribution in [3.8, 4) is 17.0 Å². The average Bonchev–Trinajstić information content (AvgIpc) is 3.27. The number of ether oxygens (including phenoxy) is 2. The maximum Gasteiger partial charge on any atom is 0.264 e. The third-order valence-corrected chi connectivity index (χ3v) is 7.91. The van der Waals surface area contributed by atoms with Crippen molar-refractivity contribution in [1.29, 1.82) is 0 Å². The molecule has 1 aliphatic rings. The zero-order valence-corrected chi connectivity index (χ0v) is 20.2. The number of aromatic nitrogens is 1. The van der Waals surface area contributed by atoms with E-state index in [4.69, 9.17) is 21.1 Å². The topological polar surface area (TPSA) is 97.8 Å². The zero-order chi connectivity index (χ0) is 23.4. The van der Waals surface area contributed by atoms with Crippen LogP contribution in [0.1, 0.15) is 5.56 Å². The Kier molecular flexibility index (Phi) is 7.30. The number of hydrogen-bond acceptors (Lipinski definition) is 7. The highest BCUT2D eigenvalue weighted by Crippen LogP contribution is 2.27. The lowest BCUT2D eigenvalue weighted by Crippen LogP contribution is -2.40. The van der Waals surface area contributed by atoms with E-state index in [1.165, 1.54) is 15.6 Å². The molecule has 1 aromatic heterocycles. The fraction of sp³-hybridized carbons (Fsp3) is 0.273. The van der Waals surface area contributed by atoms with Crippen LogP contribution in [0.25, 0.3) is 11.3 Å². The summed E-state index contributed by atoms with van der Waals surface area (Å²) in [6.45, 7) is 3.18. The molecule has 1 amide bonds. The van der Waals surface area contributed by atoms with Gasteiger partial charge in [0.1, 0.15) is 5.75 Å². The number of amides is 1. The van der Waals surface area contributed by atoms with Gasteiger partial charge in [-0.3, -0.25) is 10.1 Å². The largest absolute Gasteiger partial charge is 0.483 e. The molecule has 33 heavy (non-hydrogen) atoms. The van der Waals surface area contributed by atoms with Crippen LogP contribution in [0, 0.1) is 6.92 Å². The number of nitrogens with one attached hydrogen (secondary N) is 1. The maximum absolute atomic E-state index is 12.8. The molecule has 0 spiro atoms. The predicted octanol–water partition coefficient (Wildman–Crippen LogP) is 3.81. The molecule has 0 radical (unpaired) electrons. The van der Waals surface area contributed by atoms with Crippen LogP contribution in [0.5, 0.6) is 5.75 Å². The van der Waals surface area contributed by atoms with Gasteiger partial charge in [0.2, 0.25) is 10.0 Å². The Morgan fingerprint density at radius 1 is 1.21 bits per heavy atom. The summed E-state index contributed by atoms with van der Waals surface area (Å²) in [5.41, 5.74) is 2.23. The molecule has 0 saturated carbocycles. The van der Waals surface area contributed by atoms with Crippen molar-refractivity contribution in [2.45, 2.75) is 11.8 Å². The van der Waals surface area contributed by atoms with E-state index in [2.05, 4.69) is 10.3 Å². The number of thiazole rings is 1. The molecule has 0 unspecified atom stereocenters. The third kappa shape index (κ3) is 5.71. The van der Waals surface area contributed by atoms with Crippen LogP contribution in [0.15, 0.2) is 52.7 Å². The number of carbonyl (C=O) groups excluding carboxylic acids is 1. The van der Waals surface area contributed by atoms with E-state index >= 15 is 0 Å². The Balaban J connectivity index is 1.37. The monoisotopic (exact) mass is 507 g/mol. The number of benzene rings is 2. The first-order valence-electron chi connectivity index (χ1n) is 10.2. The second-order valence-electron chi connectivity index (χ2n) is 7.33. The van der Waals surface area contributed by atoms with Gasteiger partial charge < -0.3 is 9.47 Å². The third-order valence-electron chi connectivity index (χ3n) is 5.00. The van der Waals surface area contributed by atoms with Crippen molar-refractivity contribution in [2.75, 3.05) is 38.2 Å². The predicted molar refractivity (Wildman–Crippen MR) is 127 cm³/mol. The zero-order valence-electron chi connectivity index (χ0n) is 17.8. The van der Waals surface area contributed by atoms with Crippen LogP contribution < -0.4 is 10.1 Å². The van der Waals surface area contributed by atoms with Crippen LogP contribution in [-0.2, 0) is 19.6 Å². The second kappa shape index (κ2) is 10.2. The number of morpholine rings is 1. The second-order valence-corrected chi connectivity index (χ2v) is 10.6. The van der Waals surface area contributed by atoms with E-state index in [-0.39, 0.29) is 17.4 Å². The molecule has 0 aliphatic carbocycles. The number of sulfonamides is 1. The summed E-state index contributed by atoms with van der Waals surface area (Å²) in [5, 5.41) is 5.54. The number of carbonyl (C=O) groups is 1. The quantitative estimate of drug-likeness (QED) is 0.522. The summed E-state index contributed by atoms with van der Waals surface area (Å²) in [6.07, 6.45) is 0. The van der Waals surface area contributed by atoms with Crippen molar-refractivity contribution in [1.82, 2.24) is 9.29 Å². The molecule has 3 aromatic rings. The highest BCUT2D eigenvalue weighted by atomic mass is 35.5. The minimum Gasteiger partial charge on any atom is -0.483 e. The Bertz CT molecular complexity index is 1240. The van der Waals surface area contributed by atoms with Gasteiger partial charge in [0.25, 0.3) is 5.91 Å². The molecule has 174 valence electrons. The first-order valence-corrected chi connectivity index (χ1v) is 12.9. The normalized spacial score (nSPS) is 14.7. The molecule has 4 rings (SSSR count). The van der Waals surface area contributed by atoms with E-state index in [1.807, 2.05) is 6.92 Å². The van der Waals surface area contributed by atoms with Crippen molar-refractivity contribution in [3.63, 3.8) is 0 Å². The highest BCUT2D eigenvalue weighted by Gasteiger charge is 2.26. The van der Waals surface area contributed by atoms with Crippen LogP contribution in [-0.4, -0.2) is 56.5 Å². The highest BCUT2D eigenvalue weighted by molar-refractivity contribution is 7.89. The lowest BCUT2D eigenvalue weighted by molar-refractivity contribution is -0.118. The molecule has 2 aromatic carbocycles. The molecule has 8 nitrogen and oxygen atoms in total. The van der Waals surface area contributed by atoms with Gasteiger partial charge in [0.15, 0.2) is 11.7 Å². The lowest BCUT2D eigenvalue weighted by atomic mass is 10.2. The van der Waals surface area contributed by atoms with Crippen LogP contribution >= 0.6 is 22.9 Å². The van der Waals surface area contributed by atoms with E-state index in [0.717, 1.165) is 11.1 Å². The number of hydrogen-bond donors (Lipinski definition) is 1. The van der Waals surface area contributed by atoms with Gasteiger partial charge >= 0.3 is 0 Å². The lowest BCUT2D eigenvalue weighted by Gasteiger charge is -2.26. The summed E-state index contributed by atoms with van der Waals surface area (Å²) >= 11 is 7.20. The van der Waals surface area contributed by atoms with Gasteiger partial charge in [-0.15, -0.1) is 11.3 Å². The van der Waals surface area contributed by atoms with Gasteiger partial charge in [-0.25, -0.2) is 13.4 Å². The molecular weight excluding hydrogens is 486 g/mol. The maximum atomic E-state index is 12.8. The SMILES string of the molecule is Cc1cc(Cl)ccc1OCC(=O)Nc1nc(-c2ccc(S(=O)(=O)N3CCOCC3)cc2)cs1. The summed E-state index contributed by atoms with van der Waals surface area (Å²) in [4.78, 5) is 16.9. The van der Waals surface area contributed by atoms with Gasteiger partial charge in [-0.1, -0.05) is 23.7 Å². The van der Waals surface area contributed by atoms with Crippen LogP contribution in [0.4, 0.5) is 5.13 Å². The van der Waals surface area contributed by atoms with Crippen molar-refractivity contribution < 1.29 is 22.7 Å². The van der Waals surface area contributed by atoms with Crippen molar-refractivity contribution in [2.24, 2.45) is 0 Å². The van der Waals surface area contributed by atoms with Crippen molar-refractivity contribution >= 4 is 44.0 Å². The standard InChI is InChI=1S/C22H22ClN3O5S2/c1-15-12-17(23)4-7-20(15)31-13-21(27)25-22-24-19(14-32-22)16-2-5-18(6-3-16)33(28,29)26-8-10-30-11-9-26/h2-7,12,14H,8-11,13H2,1H3,(H,24,25,27). The molecule has 11 heteroatoms. The van der Waals surface area contributed by atoms with Crippen LogP contribution in [0.3, 0.4) is 0 Å². The first-order chi connectivity index (χ1) is 15.8. The summed E-state index contributed by atoms with van der Waals surface area (Å²) in [6, 6.07) is 11.7. The van der Waals surface area contributed by atoms with Crippen LogP contribution in [0.2, 0.25) is 5.02 Å². The summed E-state index contributed by atoms with van der Waals surface area (Å²) in [7, 11) is -3.55. The van der Waals surface area contributed by atoms with Gasteiger partial charge in [0.05, 0.1) is 23.8 Å². The molecule has 1 saturated heterocycles. The Hall–Kier alpha value is -2.50. The van der Waals surface area contributed by atoms with E-state index in [0.29, 0.717) is 47.9 Å². The minimum absolute atomic E-state index is 0.161. The number of anilines is 1. The van der Waals surface area contributed by atoms with Gasteiger partial charge in [-0.2, -0.15) is 4.31 Å². The minimum atomic E-state index is -3.55. The molecule has 1 aliphatic heterocycles. The van der Waals surface area contributed by atoms with Gasteiger partial charge in [0, 0.05) is 29.1 Å². The molecule has 1 N–H and O–H groups in total. The summed E-state index contributed by atoms with van der Waals surface area (Å²) < 4.78 is 37.7. The Labute approximate surface area is 201 Å². The fourth-order valence-electron chi connectivity index (χ4n) is 3.27. The molecule has 1 fully saturated rings. The molecule has 2 heterocycles. The first kappa shape index (κ1) is 23.7. The molecule has 0 atom stereocenters. The Morgan fingerprint density at radius 2 is 1.94 bits per heavy atom. The van der Waals surface area contributed by atoms with E-state index < -0.39 is 10.0 Å². The fourth-order valence-corrected chi connectivity index (χ4v) is 5.64. The van der Waals surface area contributed by atoms with Crippen molar-refractivity contribution in [3.05, 3.63) is 58.4 Å². The Morgan fingerprint density at radius 3 is 2.64 bits per heavy atom.